The molecule has 0 atom stereocenters. The Balaban J connectivity index is 0.640. The molecular weight excluding hydrogens is 905 g/mol. The Morgan fingerprint density at radius 3 is 0.959 bits per heavy atom. The Kier molecular flexibility index (Phi) is 21.6. The number of methoxy groups -OCH3 is 1. The zero-order valence-corrected chi connectivity index (χ0v) is 47.8. The van der Waals surface area contributed by atoms with E-state index < -0.39 is 6.16 Å². The molecule has 0 aromatic carbocycles. The van der Waals surface area contributed by atoms with Crippen LogP contribution in [0.5, 0.6) is 0 Å². The normalized spacial score (nSPS) is 37.9. The molecule has 9 aliphatic carbocycles. The van der Waals surface area contributed by atoms with Gasteiger partial charge in [0.2, 0.25) is 0 Å². The van der Waals surface area contributed by atoms with Crippen molar-refractivity contribution >= 4 is 12.1 Å². The molecule has 0 heterocycles. The van der Waals surface area contributed by atoms with Gasteiger partial charge in [0.15, 0.2) is 0 Å². The van der Waals surface area contributed by atoms with Crippen LogP contribution in [-0.4, -0.2) is 89.7 Å². The van der Waals surface area contributed by atoms with Crippen LogP contribution in [0.2, 0.25) is 0 Å². The Bertz CT molecular complexity index is 1590. The van der Waals surface area contributed by atoms with Crippen molar-refractivity contribution in [1.29, 1.82) is 0 Å². The average Bonchev–Trinajstić information content (AvgIpc) is 3.42. The summed E-state index contributed by atoms with van der Waals surface area (Å²) in [4.78, 5) is 30.9. The van der Waals surface area contributed by atoms with Gasteiger partial charge in [0.05, 0.1) is 6.10 Å². The van der Waals surface area contributed by atoms with E-state index >= 15 is 0 Å². The van der Waals surface area contributed by atoms with Gasteiger partial charge in [-0.05, 0) is 221 Å². The van der Waals surface area contributed by atoms with Gasteiger partial charge in [-0.15, -0.1) is 0 Å². The summed E-state index contributed by atoms with van der Waals surface area (Å²) in [5, 5.41) is 0. The molecule has 8 nitrogen and oxygen atoms in total. The number of hydrogen-bond acceptors (Lipinski definition) is 8. The molecule has 0 N–H and O–H groups in total. The summed E-state index contributed by atoms with van der Waals surface area (Å²) >= 11 is 0. The highest BCUT2D eigenvalue weighted by atomic mass is 16.7. The second-order valence-electron chi connectivity index (χ2n) is 27.8. The maximum Gasteiger partial charge on any atom is 0.508 e. The summed E-state index contributed by atoms with van der Waals surface area (Å²) in [5.41, 5.74) is 0.247. The minimum atomic E-state index is -0.416. The molecule has 0 bridgehead atoms. The van der Waals surface area contributed by atoms with Crippen LogP contribution in [0.3, 0.4) is 0 Å². The summed E-state index contributed by atoms with van der Waals surface area (Å²) in [6.07, 6.45) is 56.1. The summed E-state index contributed by atoms with van der Waals surface area (Å²) in [7, 11) is 1.93. The van der Waals surface area contributed by atoms with E-state index in [2.05, 4.69) is 23.6 Å². The van der Waals surface area contributed by atoms with Crippen LogP contribution >= 0.6 is 0 Å². The molecule has 0 radical (unpaired) electrons. The molecule has 0 amide bonds. The van der Waals surface area contributed by atoms with Gasteiger partial charge in [-0.1, -0.05) is 104 Å². The van der Waals surface area contributed by atoms with E-state index in [-0.39, 0.29) is 29.7 Å². The van der Waals surface area contributed by atoms with Crippen LogP contribution in [0.1, 0.15) is 290 Å². The summed E-state index contributed by atoms with van der Waals surface area (Å²) in [5.74, 6) is 5.09. The van der Waals surface area contributed by atoms with Gasteiger partial charge >= 0.3 is 12.1 Å². The van der Waals surface area contributed by atoms with Gasteiger partial charge in [-0.25, -0.2) is 4.79 Å². The fourth-order valence-corrected chi connectivity index (χ4v) is 18.5. The first-order chi connectivity index (χ1) is 35.6. The average molecular weight is 1020 g/mol. The molecule has 9 saturated carbocycles. The van der Waals surface area contributed by atoms with E-state index in [1.165, 1.54) is 200 Å². The maximum atomic E-state index is 13.2. The zero-order chi connectivity index (χ0) is 50.6. The Labute approximate surface area is 447 Å². The van der Waals surface area contributed by atoms with Crippen LogP contribution in [-0.2, 0) is 23.7 Å². The largest absolute Gasteiger partial charge is 0.508 e. The van der Waals surface area contributed by atoms with E-state index in [9.17, 15) is 9.59 Å². The highest BCUT2D eigenvalue weighted by Crippen LogP contribution is 2.50. The number of carbonyl (C=O) groups is 2. The SMILES string of the molecule is COC1CCC(N(C2CCCCC2)C2CCC(CCC3CCC(CCC4CCC(N(C5CCCCC5)C5CCC(OC(=O)OC6CCC(C(C)(C)C7CCC(OC(C)=O)CC7)CC6)CC5)CC4)CC3)CC2)CC1. The molecule has 0 aliphatic heterocycles. The van der Waals surface area contributed by atoms with Crippen LogP contribution in [0.15, 0.2) is 0 Å². The van der Waals surface area contributed by atoms with Crippen LogP contribution in [0, 0.1) is 40.9 Å². The predicted molar refractivity (Wildman–Crippen MR) is 297 cm³/mol. The van der Waals surface area contributed by atoms with E-state index in [1.807, 2.05) is 7.11 Å². The third-order valence-corrected chi connectivity index (χ3v) is 23.2. The minimum Gasteiger partial charge on any atom is -0.463 e. The Morgan fingerprint density at radius 2 is 0.630 bits per heavy atom. The Morgan fingerprint density at radius 1 is 0.356 bits per heavy atom. The second-order valence-corrected chi connectivity index (χ2v) is 27.8. The molecule has 9 fully saturated rings. The van der Waals surface area contributed by atoms with E-state index in [0.29, 0.717) is 24.0 Å². The van der Waals surface area contributed by atoms with Crippen molar-refractivity contribution in [3.8, 4) is 0 Å². The molecule has 9 rings (SSSR count). The molecule has 0 aromatic rings. The lowest BCUT2D eigenvalue weighted by atomic mass is 9.60. The van der Waals surface area contributed by atoms with Gasteiger partial charge < -0.3 is 18.9 Å². The molecule has 0 saturated heterocycles. The van der Waals surface area contributed by atoms with Crippen molar-refractivity contribution < 1.29 is 28.5 Å². The summed E-state index contributed by atoms with van der Waals surface area (Å²) in [6.45, 7) is 6.44. The molecule has 418 valence electrons. The summed E-state index contributed by atoms with van der Waals surface area (Å²) in [6, 6.07) is 4.71. The first kappa shape index (κ1) is 56.3. The lowest BCUT2D eigenvalue weighted by Crippen LogP contribution is -2.52. The van der Waals surface area contributed by atoms with Crippen LogP contribution in [0.25, 0.3) is 0 Å². The number of hydrogen-bond donors (Lipinski definition) is 0. The molecule has 0 spiro atoms. The number of ether oxygens (including phenoxy) is 4. The van der Waals surface area contributed by atoms with Crippen LogP contribution < -0.4 is 0 Å². The fourth-order valence-electron chi connectivity index (χ4n) is 18.5. The first-order valence-corrected chi connectivity index (χ1v) is 32.7. The van der Waals surface area contributed by atoms with Gasteiger partial charge in [-0.3, -0.25) is 14.6 Å². The van der Waals surface area contributed by atoms with Crippen molar-refractivity contribution in [2.45, 2.75) is 351 Å². The first-order valence-electron chi connectivity index (χ1n) is 32.7. The summed E-state index contributed by atoms with van der Waals surface area (Å²) < 4.78 is 23.5. The molecule has 0 aromatic heterocycles. The monoisotopic (exact) mass is 1020 g/mol. The van der Waals surface area contributed by atoms with Gasteiger partial charge in [0, 0.05) is 50.3 Å². The van der Waals surface area contributed by atoms with Crippen molar-refractivity contribution in [3.63, 3.8) is 0 Å². The van der Waals surface area contributed by atoms with Gasteiger partial charge in [0.1, 0.15) is 18.3 Å². The zero-order valence-electron chi connectivity index (χ0n) is 47.8. The number of rotatable bonds is 18. The highest BCUT2D eigenvalue weighted by molar-refractivity contribution is 5.66. The van der Waals surface area contributed by atoms with Crippen molar-refractivity contribution in [1.82, 2.24) is 9.80 Å². The van der Waals surface area contributed by atoms with Crippen molar-refractivity contribution in [3.05, 3.63) is 0 Å². The minimum absolute atomic E-state index is 0.00385. The van der Waals surface area contributed by atoms with Crippen molar-refractivity contribution in [2.75, 3.05) is 7.11 Å². The van der Waals surface area contributed by atoms with Gasteiger partial charge in [0.25, 0.3) is 0 Å². The predicted octanol–water partition coefficient (Wildman–Crippen LogP) is 16.9. The van der Waals surface area contributed by atoms with Crippen LogP contribution in [0.4, 0.5) is 4.79 Å². The lowest BCUT2D eigenvalue weighted by Gasteiger charge is -2.49. The van der Waals surface area contributed by atoms with Gasteiger partial charge in [-0.2, -0.15) is 0 Å². The third-order valence-electron chi connectivity index (χ3n) is 23.2. The third kappa shape index (κ3) is 15.9. The molecule has 73 heavy (non-hydrogen) atoms. The molecule has 8 heteroatoms. The van der Waals surface area contributed by atoms with E-state index in [4.69, 9.17) is 18.9 Å². The maximum absolute atomic E-state index is 13.2. The number of carbonyl (C=O) groups excluding carboxylic acids is 2. The molecule has 0 unspecified atom stereocenters. The molecule has 9 aliphatic rings. The second kappa shape index (κ2) is 28.0. The highest BCUT2D eigenvalue weighted by Gasteiger charge is 2.43. The van der Waals surface area contributed by atoms with Crippen molar-refractivity contribution in [2.24, 2.45) is 40.9 Å². The fraction of sp³-hybridized carbons (Fsp3) is 0.969. The number of nitrogens with zero attached hydrogens (tertiary/aromatic N) is 2. The molecular formula is C65H112N2O6. The van der Waals surface area contributed by atoms with E-state index in [1.54, 1.807) is 0 Å². The standard InChI is InChI=1S/C65H112N2O6/c1-47(68)71-61-39-27-52(28-40-61)65(2,3)53-29-41-62(42-30-53)72-64(69)73-63-45-37-59(38-46-63)67(55-13-9-6-10-14-55)57-33-25-51(26-34-57)22-20-49-17-15-48(16-18-49)19-21-50-23-31-56(32-24-50)66(54-11-7-5-8-12-54)58-35-43-60(70-4)44-36-58/h48-63H,5-46H2,1-4H3. The lowest BCUT2D eigenvalue weighted by molar-refractivity contribution is -0.148. The smallest absolute Gasteiger partial charge is 0.463 e. The van der Waals surface area contributed by atoms with E-state index in [0.717, 1.165) is 131 Å². The topological polar surface area (TPSA) is 77.5 Å². The Hall–Kier alpha value is -1.38. The number of esters is 1. The quantitative estimate of drug-likeness (QED) is 0.126.